The van der Waals surface area contributed by atoms with Crippen molar-refractivity contribution < 1.29 is 9.53 Å². The molecule has 0 saturated carbocycles. The molecule has 0 fully saturated rings. The summed E-state index contributed by atoms with van der Waals surface area (Å²) in [6, 6.07) is 27.9. The molecule has 0 heterocycles. The molecule has 3 aromatic rings. The van der Waals surface area contributed by atoms with E-state index in [9.17, 15) is 4.79 Å². The number of rotatable bonds is 11. The molecule has 4 heteroatoms. The van der Waals surface area contributed by atoms with Gasteiger partial charge in [-0.3, -0.25) is 9.69 Å². The number of para-hydroxylation sites is 1. The fraction of sp³-hybridized carbons (Fsp3) is 0.222. The second kappa shape index (κ2) is 12.4. The van der Waals surface area contributed by atoms with Gasteiger partial charge in [0.15, 0.2) is 0 Å². The second-order valence-electron chi connectivity index (χ2n) is 7.32. The van der Waals surface area contributed by atoms with E-state index in [1.54, 1.807) is 6.08 Å². The Hall–Kier alpha value is -3.37. The minimum Gasteiger partial charge on any atom is -0.457 e. The molecule has 0 aromatic heterocycles. The van der Waals surface area contributed by atoms with Gasteiger partial charge in [-0.2, -0.15) is 0 Å². The predicted molar refractivity (Wildman–Crippen MR) is 127 cm³/mol. The molecule has 160 valence electrons. The van der Waals surface area contributed by atoms with Gasteiger partial charge in [-0.05, 0) is 54.4 Å². The van der Waals surface area contributed by atoms with E-state index in [2.05, 4.69) is 29.3 Å². The van der Waals surface area contributed by atoms with Crippen LogP contribution in [0, 0.1) is 0 Å². The molecule has 1 amide bonds. The maximum Gasteiger partial charge on any atom is 0.243 e. The Balaban J connectivity index is 1.41. The average molecular weight is 415 g/mol. The van der Waals surface area contributed by atoms with Crippen LogP contribution in [-0.2, 0) is 11.3 Å². The Labute approximate surface area is 185 Å². The van der Waals surface area contributed by atoms with Crippen molar-refractivity contribution in [3.05, 3.63) is 102 Å². The number of nitrogens with one attached hydrogen (secondary N) is 1. The lowest BCUT2D eigenvalue weighted by molar-refractivity contribution is -0.116. The number of ether oxygens (including phenoxy) is 1. The highest BCUT2D eigenvalue weighted by Crippen LogP contribution is 2.22. The van der Waals surface area contributed by atoms with Crippen LogP contribution in [0.2, 0.25) is 0 Å². The molecule has 0 aliphatic carbocycles. The van der Waals surface area contributed by atoms with Gasteiger partial charge >= 0.3 is 0 Å². The summed E-state index contributed by atoms with van der Waals surface area (Å²) in [5.41, 5.74) is 2.23. The molecular weight excluding hydrogens is 384 g/mol. The van der Waals surface area contributed by atoms with Gasteiger partial charge in [0, 0.05) is 25.7 Å². The van der Waals surface area contributed by atoms with E-state index < -0.39 is 0 Å². The molecule has 0 saturated heterocycles. The summed E-state index contributed by atoms with van der Waals surface area (Å²) in [5.74, 6) is 1.62. The Bertz CT molecular complexity index is 955. The van der Waals surface area contributed by atoms with Crippen LogP contribution in [0.5, 0.6) is 11.5 Å². The number of carbonyl (C=O) groups excluding carboxylic acids is 1. The SMILES string of the molecule is CCN(CCCNC(=O)C=Cc1ccccc1)Cc1cccc(Oc2ccccc2)c1. The summed E-state index contributed by atoms with van der Waals surface area (Å²) < 4.78 is 5.94. The summed E-state index contributed by atoms with van der Waals surface area (Å²) in [6.07, 6.45) is 4.32. The normalized spacial score (nSPS) is 11.0. The molecule has 0 spiro atoms. The smallest absolute Gasteiger partial charge is 0.243 e. The standard InChI is InChI=1S/C27H30N2O2/c1-2-29(20-10-19-28-27(30)18-17-23-11-5-3-6-12-23)22-24-13-9-16-26(21-24)31-25-14-7-4-8-15-25/h3-9,11-18,21H,2,10,19-20,22H2,1H3,(H,28,30). The van der Waals surface area contributed by atoms with Crippen LogP contribution in [0.4, 0.5) is 0 Å². The maximum absolute atomic E-state index is 12.0. The van der Waals surface area contributed by atoms with E-state index >= 15 is 0 Å². The van der Waals surface area contributed by atoms with Gasteiger partial charge in [0.2, 0.25) is 5.91 Å². The lowest BCUT2D eigenvalue weighted by atomic mass is 10.2. The van der Waals surface area contributed by atoms with E-state index in [4.69, 9.17) is 4.74 Å². The number of benzene rings is 3. The monoisotopic (exact) mass is 414 g/mol. The maximum atomic E-state index is 12.0. The number of hydrogen-bond donors (Lipinski definition) is 1. The van der Waals surface area contributed by atoms with Gasteiger partial charge in [-0.15, -0.1) is 0 Å². The fourth-order valence-corrected chi connectivity index (χ4v) is 3.25. The van der Waals surface area contributed by atoms with Gasteiger partial charge in [0.25, 0.3) is 0 Å². The topological polar surface area (TPSA) is 41.6 Å². The highest BCUT2D eigenvalue weighted by molar-refractivity contribution is 5.91. The lowest BCUT2D eigenvalue weighted by Gasteiger charge is -2.21. The third-order valence-corrected chi connectivity index (χ3v) is 4.91. The summed E-state index contributed by atoms with van der Waals surface area (Å²) >= 11 is 0. The zero-order valence-electron chi connectivity index (χ0n) is 18.0. The first-order valence-corrected chi connectivity index (χ1v) is 10.8. The quantitative estimate of drug-likeness (QED) is 0.332. The Morgan fingerprint density at radius 1 is 0.935 bits per heavy atom. The van der Waals surface area contributed by atoms with Crippen molar-refractivity contribution in [2.24, 2.45) is 0 Å². The lowest BCUT2D eigenvalue weighted by Crippen LogP contribution is -2.29. The number of nitrogens with zero attached hydrogens (tertiary/aromatic N) is 1. The second-order valence-corrected chi connectivity index (χ2v) is 7.32. The van der Waals surface area contributed by atoms with Crippen LogP contribution in [0.15, 0.2) is 91.0 Å². The predicted octanol–water partition coefficient (Wildman–Crippen LogP) is 5.52. The van der Waals surface area contributed by atoms with E-state index in [0.29, 0.717) is 6.54 Å². The van der Waals surface area contributed by atoms with Crippen molar-refractivity contribution in [1.82, 2.24) is 10.2 Å². The van der Waals surface area contributed by atoms with Gasteiger partial charge in [-0.1, -0.05) is 67.6 Å². The average Bonchev–Trinajstić information content (AvgIpc) is 2.81. The van der Waals surface area contributed by atoms with Crippen LogP contribution in [0.1, 0.15) is 24.5 Å². The highest BCUT2D eigenvalue weighted by atomic mass is 16.5. The van der Waals surface area contributed by atoms with Crippen molar-refractivity contribution in [3.63, 3.8) is 0 Å². The first-order chi connectivity index (χ1) is 15.2. The van der Waals surface area contributed by atoms with Crippen LogP contribution >= 0.6 is 0 Å². The third kappa shape index (κ3) is 8.11. The Morgan fingerprint density at radius 3 is 2.39 bits per heavy atom. The molecule has 0 aliphatic rings. The van der Waals surface area contributed by atoms with Crippen LogP contribution in [0.3, 0.4) is 0 Å². The highest BCUT2D eigenvalue weighted by Gasteiger charge is 2.06. The summed E-state index contributed by atoms with van der Waals surface area (Å²) in [7, 11) is 0. The van der Waals surface area contributed by atoms with E-state index in [1.807, 2.05) is 78.9 Å². The van der Waals surface area contributed by atoms with Crippen molar-refractivity contribution in [2.45, 2.75) is 19.9 Å². The van der Waals surface area contributed by atoms with E-state index in [0.717, 1.165) is 43.1 Å². The Morgan fingerprint density at radius 2 is 1.65 bits per heavy atom. The van der Waals surface area contributed by atoms with Gasteiger partial charge < -0.3 is 10.1 Å². The first kappa shape index (κ1) is 22.3. The molecule has 31 heavy (non-hydrogen) atoms. The van der Waals surface area contributed by atoms with Gasteiger partial charge in [-0.25, -0.2) is 0 Å². The minimum absolute atomic E-state index is 0.0577. The van der Waals surface area contributed by atoms with Gasteiger partial charge in [0.05, 0.1) is 0 Å². The zero-order valence-corrected chi connectivity index (χ0v) is 18.0. The summed E-state index contributed by atoms with van der Waals surface area (Å²) in [4.78, 5) is 14.4. The van der Waals surface area contributed by atoms with Crippen LogP contribution in [-0.4, -0.2) is 30.4 Å². The molecule has 1 N–H and O–H groups in total. The molecular formula is C27H30N2O2. The Kier molecular flexibility index (Phi) is 8.89. The number of hydrogen-bond acceptors (Lipinski definition) is 3. The summed E-state index contributed by atoms with van der Waals surface area (Å²) in [5, 5.41) is 2.96. The zero-order chi connectivity index (χ0) is 21.7. The molecule has 0 aliphatic heterocycles. The molecule has 3 aromatic carbocycles. The molecule has 0 atom stereocenters. The van der Waals surface area contributed by atoms with E-state index in [1.165, 1.54) is 5.56 Å². The van der Waals surface area contributed by atoms with Crippen molar-refractivity contribution >= 4 is 12.0 Å². The molecule has 0 radical (unpaired) electrons. The van der Waals surface area contributed by atoms with Crippen molar-refractivity contribution in [2.75, 3.05) is 19.6 Å². The van der Waals surface area contributed by atoms with Crippen molar-refractivity contribution in [1.29, 1.82) is 0 Å². The van der Waals surface area contributed by atoms with Crippen molar-refractivity contribution in [3.8, 4) is 11.5 Å². The largest absolute Gasteiger partial charge is 0.457 e. The first-order valence-electron chi connectivity index (χ1n) is 10.8. The minimum atomic E-state index is -0.0577. The molecule has 4 nitrogen and oxygen atoms in total. The van der Waals surface area contributed by atoms with E-state index in [-0.39, 0.29) is 5.91 Å². The van der Waals surface area contributed by atoms with Gasteiger partial charge in [0.1, 0.15) is 11.5 Å². The number of amides is 1. The number of carbonyl (C=O) groups is 1. The van der Waals surface area contributed by atoms with Crippen LogP contribution in [0.25, 0.3) is 6.08 Å². The van der Waals surface area contributed by atoms with Crippen LogP contribution < -0.4 is 10.1 Å². The molecule has 0 unspecified atom stereocenters. The fourth-order valence-electron chi connectivity index (χ4n) is 3.25. The third-order valence-electron chi connectivity index (χ3n) is 4.91. The molecule has 0 bridgehead atoms. The summed E-state index contributed by atoms with van der Waals surface area (Å²) in [6.45, 7) is 5.54. The molecule has 3 rings (SSSR count).